The molecule has 5 heteroatoms. The Hall–Kier alpha value is -2.30. The van der Waals surface area contributed by atoms with Crippen LogP contribution in [0.25, 0.3) is 0 Å². The number of carbonyl (C=O) groups excluding carboxylic acids is 2. The number of Topliss-reactive ketones (excluding diaryl/α,β-unsaturated/α-hetero) is 1. The average molecular weight is 234 g/mol. The van der Waals surface area contributed by atoms with Crippen LogP contribution >= 0.6 is 0 Å². The van der Waals surface area contributed by atoms with Crippen LogP contribution in [0.4, 0.5) is 0 Å². The molecule has 0 saturated heterocycles. The van der Waals surface area contributed by atoms with Gasteiger partial charge in [0.1, 0.15) is 0 Å². The third-order valence-electron chi connectivity index (χ3n) is 2.53. The van der Waals surface area contributed by atoms with Crippen molar-refractivity contribution in [1.29, 1.82) is 0 Å². The van der Waals surface area contributed by atoms with Gasteiger partial charge in [-0.25, -0.2) is 0 Å². The van der Waals surface area contributed by atoms with Crippen LogP contribution in [0.2, 0.25) is 0 Å². The number of aliphatic hydroxyl groups is 1. The lowest BCUT2D eigenvalue weighted by molar-refractivity contribution is 0.0939. The lowest BCUT2D eigenvalue weighted by Gasteiger charge is -2.15. The van der Waals surface area contributed by atoms with E-state index in [9.17, 15) is 14.7 Å². The molecule has 1 aliphatic carbocycles. The van der Waals surface area contributed by atoms with Gasteiger partial charge in [0.2, 0.25) is 5.78 Å². The topological polar surface area (TPSA) is 72.8 Å². The number of ketones is 2. The fourth-order valence-electron chi connectivity index (χ4n) is 1.68. The molecule has 1 aromatic carbocycles. The van der Waals surface area contributed by atoms with E-state index in [2.05, 4.69) is 0 Å². The van der Waals surface area contributed by atoms with Crippen molar-refractivity contribution < 1.29 is 24.2 Å². The first-order valence-corrected chi connectivity index (χ1v) is 4.84. The second-order valence-corrected chi connectivity index (χ2v) is 3.48. The molecule has 0 atom stereocenters. The molecule has 1 aliphatic rings. The summed E-state index contributed by atoms with van der Waals surface area (Å²) < 4.78 is 10.1. The van der Waals surface area contributed by atoms with Gasteiger partial charge in [-0.2, -0.15) is 0 Å². The molecule has 2 rings (SSSR count). The third-order valence-corrected chi connectivity index (χ3v) is 2.53. The standard InChI is InChI=1S/C12H10O5/c1-16-10-3-6-7(4-11(10)17-2)12(15)9(14)5-8(6)13/h3-5,14H,1-2H3. The van der Waals surface area contributed by atoms with Crippen molar-refractivity contribution in [3.63, 3.8) is 0 Å². The first-order valence-electron chi connectivity index (χ1n) is 4.84. The van der Waals surface area contributed by atoms with Crippen LogP contribution in [0.3, 0.4) is 0 Å². The summed E-state index contributed by atoms with van der Waals surface area (Å²) in [4.78, 5) is 23.3. The molecule has 0 unspecified atom stereocenters. The van der Waals surface area contributed by atoms with Gasteiger partial charge < -0.3 is 14.6 Å². The van der Waals surface area contributed by atoms with Gasteiger partial charge in [-0.15, -0.1) is 0 Å². The van der Waals surface area contributed by atoms with Crippen molar-refractivity contribution in [2.45, 2.75) is 0 Å². The van der Waals surface area contributed by atoms with E-state index < -0.39 is 17.3 Å². The monoisotopic (exact) mass is 234 g/mol. The number of fused-ring (bicyclic) bond motifs is 1. The Morgan fingerprint density at radius 3 is 2.06 bits per heavy atom. The van der Waals surface area contributed by atoms with Crippen LogP contribution in [0.5, 0.6) is 11.5 Å². The van der Waals surface area contributed by atoms with Crippen molar-refractivity contribution >= 4 is 11.6 Å². The van der Waals surface area contributed by atoms with Gasteiger partial charge in [0, 0.05) is 17.2 Å². The molecule has 5 nitrogen and oxygen atoms in total. The summed E-state index contributed by atoms with van der Waals surface area (Å²) in [5, 5.41) is 9.30. The van der Waals surface area contributed by atoms with Crippen LogP contribution in [-0.4, -0.2) is 30.9 Å². The molecule has 0 heterocycles. The highest BCUT2D eigenvalue weighted by Crippen LogP contribution is 2.33. The number of benzene rings is 1. The van der Waals surface area contributed by atoms with Crippen molar-refractivity contribution in [3.05, 3.63) is 35.1 Å². The Balaban J connectivity index is 2.67. The number of ether oxygens (including phenoxy) is 2. The Bertz CT molecular complexity index is 542. The maximum atomic E-state index is 11.7. The smallest absolute Gasteiger partial charge is 0.228 e. The minimum atomic E-state index is -0.597. The Morgan fingerprint density at radius 1 is 1.00 bits per heavy atom. The molecule has 0 saturated carbocycles. The summed E-state index contributed by atoms with van der Waals surface area (Å²) in [6.07, 6.45) is 0.899. The first kappa shape index (κ1) is 11.2. The number of hydrogen-bond donors (Lipinski definition) is 1. The summed E-state index contributed by atoms with van der Waals surface area (Å²) in [5.41, 5.74) is 0.318. The zero-order chi connectivity index (χ0) is 12.6. The second-order valence-electron chi connectivity index (χ2n) is 3.48. The van der Waals surface area contributed by atoms with Gasteiger partial charge in [-0.3, -0.25) is 9.59 Å². The minimum Gasteiger partial charge on any atom is -0.504 e. The summed E-state index contributed by atoms with van der Waals surface area (Å²) in [6, 6.07) is 2.81. The molecule has 88 valence electrons. The molecule has 0 radical (unpaired) electrons. The Labute approximate surface area is 97.3 Å². The van der Waals surface area contributed by atoms with Crippen molar-refractivity contribution in [3.8, 4) is 11.5 Å². The maximum absolute atomic E-state index is 11.7. The molecular formula is C12H10O5. The number of allylic oxidation sites excluding steroid dienone is 2. The maximum Gasteiger partial charge on any atom is 0.228 e. The SMILES string of the molecule is COc1cc2c(cc1OC)C(=O)C(O)=CC2=O. The summed E-state index contributed by atoms with van der Waals surface area (Å²) in [7, 11) is 2.86. The number of aliphatic hydroxyl groups excluding tert-OH is 1. The zero-order valence-corrected chi connectivity index (χ0v) is 9.31. The molecule has 1 N–H and O–H groups in total. The minimum absolute atomic E-state index is 0.118. The highest BCUT2D eigenvalue weighted by molar-refractivity contribution is 6.23. The van der Waals surface area contributed by atoms with Crippen molar-refractivity contribution in [1.82, 2.24) is 0 Å². The third kappa shape index (κ3) is 1.65. The summed E-state index contributed by atoms with van der Waals surface area (Å²) >= 11 is 0. The van der Waals surface area contributed by atoms with Crippen LogP contribution in [0, 0.1) is 0 Å². The second kappa shape index (κ2) is 3.93. The molecule has 0 spiro atoms. The predicted molar refractivity (Wildman–Crippen MR) is 58.9 cm³/mol. The van der Waals surface area contributed by atoms with Gasteiger partial charge in [-0.05, 0) is 12.1 Å². The van der Waals surface area contributed by atoms with Gasteiger partial charge in [-0.1, -0.05) is 0 Å². The van der Waals surface area contributed by atoms with Crippen molar-refractivity contribution in [2.75, 3.05) is 14.2 Å². The van der Waals surface area contributed by atoms with E-state index in [0.717, 1.165) is 6.08 Å². The number of methoxy groups -OCH3 is 2. The molecule has 0 fully saturated rings. The van der Waals surface area contributed by atoms with Crippen LogP contribution in [0.1, 0.15) is 20.7 Å². The molecule has 0 aliphatic heterocycles. The molecule has 1 aromatic rings. The number of carbonyl (C=O) groups is 2. The van der Waals surface area contributed by atoms with Crippen LogP contribution in [0.15, 0.2) is 24.0 Å². The average Bonchev–Trinajstić information content (AvgIpc) is 2.34. The van der Waals surface area contributed by atoms with Crippen LogP contribution in [-0.2, 0) is 0 Å². The first-order chi connectivity index (χ1) is 8.08. The van der Waals surface area contributed by atoms with E-state index >= 15 is 0 Å². The van der Waals surface area contributed by atoms with E-state index in [1.54, 1.807) is 0 Å². The normalized spacial score (nSPS) is 14.1. The summed E-state index contributed by atoms with van der Waals surface area (Å²) in [5.74, 6) is -0.891. The molecule has 17 heavy (non-hydrogen) atoms. The highest BCUT2D eigenvalue weighted by Gasteiger charge is 2.27. The predicted octanol–water partition coefficient (Wildman–Crippen LogP) is 1.52. The summed E-state index contributed by atoms with van der Waals surface area (Å²) in [6.45, 7) is 0. The lowest BCUT2D eigenvalue weighted by Crippen LogP contribution is -2.17. The fraction of sp³-hybridized carbons (Fsp3) is 0.167. The fourth-order valence-corrected chi connectivity index (χ4v) is 1.68. The highest BCUT2D eigenvalue weighted by atomic mass is 16.5. The molecular weight excluding hydrogens is 224 g/mol. The van der Waals surface area contributed by atoms with E-state index in [-0.39, 0.29) is 11.1 Å². The number of rotatable bonds is 2. The Morgan fingerprint density at radius 2 is 1.53 bits per heavy atom. The number of hydrogen-bond acceptors (Lipinski definition) is 5. The van der Waals surface area contributed by atoms with Crippen LogP contribution < -0.4 is 9.47 Å². The quantitative estimate of drug-likeness (QED) is 0.839. The van der Waals surface area contributed by atoms with E-state index in [0.29, 0.717) is 11.5 Å². The van der Waals surface area contributed by atoms with E-state index in [1.807, 2.05) is 0 Å². The van der Waals surface area contributed by atoms with E-state index in [4.69, 9.17) is 9.47 Å². The van der Waals surface area contributed by atoms with E-state index in [1.165, 1.54) is 26.4 Å². The molecule has 0 bridgehead atoms. The molecule has 0 amide bonds. The van der Waals surface area contributed by atoms with Gasteiger partial charge in [0.15, 0.2) is 23.0 Å². The lowest BCUT2D eigenvalue weighted by atomic mass is 9.93. The largest absolute Gasteiger partial charge is 0.504 e. The van der Waals surface area contributed by atoms with Gasteiger partial charge in [0.05, 0.1) is 14.2 Å². The van der Waals surface area contributed by atoms with Gasteiger partial charge in [0.25, 0.3) is 0 Å². The van der Waals surface area contributed by atoms with Gasteiger partial charge >= 0.3 is 0 Å². The van der Waals surface area contributed by atoms with Crippen molar-refractivity contribution in [2.24, 2.45) is 0 Å². The Kier molecular flexibility index (Phi) is 2.59. The molecule has 0 aromatic heterocycles. The zero-order valence-electron chi connectivity index (χ0n) is 9.31.